The van der Waals surface area contributed by atoms with E-state index in [2.05, 4.69) is 24.3 Å². The van der Waals surface area contributed by atoms with E-state index in [4.69, 9.17) is 9.47 Å². The van der Waals surface area contributed by atoms with Crippen molar-refractivity contribution in [3.8, 4) is 0 Å². The number of benzene rings is 1. The summed E-state index contributed by atoms with van der Waals surface area (Å²) in [5.41, 5.74) is 1.48. The lowest BCUT2D eigenvalue weighted by atomic mass is 9.87. The summed E-state index contributed by atoms with van der Waals surface area (Å²) in [5, 5.41) is 0. The van der Waals surface area contributed by atoms with Crippen molar-refractivity contribution in [1.29, 1.82) is 0 Å². The summed E-state index contributed by atoms with van der Waals surface area (Å²) in [7, 11) is 0. The van der Waals surface area contributed by atoms with Crippen LogP contribution in [0.3, 0.4) is 0 Å². The number of nitrogens with zero attached hydrogens (tertiary/aromatic N) is 1. The summed E-state index contributed by atoms with van der Waals surface area (Å²) in [6.45, 7) is 9.38. The number of esters is 1. The van der Waals surface area contributed by atoms with Gasteiger partial charge in [0.05, 0.1) is 12.0 Å². The lowest BCUT2D eigenvalue weighted by molar-refractivity contribution is -0.146. The Labute approximate surface area is 162 Å². The molecule has 5 heteroatoms. The molecule has 1 amide bonds. The molecule has 1 aliphatic heterocycles. The van der Waals surface area contributed by atoms with Crippen LogP contribution >= 0.6 is 0 Å². The fraction of sp³-hybridized carbons (Fsp3) is 0.636. The second kappa shape index (κ2) is 7.53. The predicted octanol–water partition coefficient (Wildman–Crippen LogP) is 4.40. The molecular weight excluding hydrogens is 342 g/mol. The molecule has 1 heterocycles. The van der Waals surface area contributed by atoms with Crippen molar-refractivity contribution < 1.29 is 19.1 Å². The minimum Gasteiger partial charge on any atom is -0.465 e. The maximum atomic E-state index is 12.2. The van der Waals surface area contributed by atoms with Crippen LogP contribution in [0.5, 0.6) is 0 Å². The molecule has 0 atom stereocenters. The Kier molecular flexibility index (Phi) is 5.50. The highest BCUT2D eigenvalue weighted by Gasteiger charge is 2.52. The van der Waals surface area contributed by atoms with Crippen LogP contribution in [0.4, 0.5) is 4.79 Å². The van der Waals surface area contributed by atoms with E-state index < -0.39 is 11.0 Å². The first-order valence-electron chi connectivity index (χ1n) is 10.0. The molecule has 5 nitrogen and oxygen atoms in total. The molecule has 0 N–H and O–H groups in total. The van der Waals surface area contributed by atoms with Gasteiger partial charge < -0.3 is 14.4 Å². The third-order valence-electron chi connectivity index (χ3n) is 5.50. The number of hydrogen-bond donors (Lipinski definition) is 0. The van der Waals surface area contributed by atoms with Gasteiger partial charge in [-0.2, -0.15) is 0 Å². The number of carbonyl (C=O) groups excluding carboxylic acids is 2. The number of likely N-dealkylation sites (tertiary alicyclic amines) is 1. The van der Waals surface area contributed by atoms with Gasteiger partial charge in [0, 0.05) is 13.1 Å². The molecule has 0 bridgehead atoms. The molecule has 0 unspecified atom stereocenters. The van der Waals surface area contributed by atoms with Crippen LogP contribution in [0.15, 0.2) is 24.3 Å². The predicted molar refractivity (Wildman–Crippen MR) is 104 cm³/mol. The molecule has 1 saturated heterocycles. The zero-order chi connectivity index (χ0) is 19.7. The zero-order valence-corrected chi connectivity index (χ0v) is 16.9. The van der Waals surface area contributed by atoms with Gasteiger partial charge in [0.15, 0.2) is 0 Å². The summed E-state index contributed by atoms with van der Waals surface area (Å²) in [6.07, 6.45) is 3.39. The van der Waals surface area contributed by atoms with E-state index in [1.54, 1.807) is 4.90 Å². The molecule has 1 aliphatic carbocycles. The highest BCUT2D eigenvalue weighted by Crippen LogP contribution is 2.49. The standard InChI is InChI=1S/C22H31NO4/c1-5-26-19(24)22(12-13-22)18-8-6-16(7-9-18)17-10-14-23(15-11-17)20(25)27-21(2,3)4/h6-9,17H,5,10-15H2,1-4H3. The second-order valence-corrected chi connectivity index (χ2v) is 8.67. The highest BCUT2D eigenvalue weighted by molar-refractivity contribution is 5.86. The van der Waals surface area contributed by atoms with E-state index in [0.29, 0.717) is 25.6 Å². The van der Waals surface area contributed by atoms with E-state index in [-0.39, 0.29) is 12.1 Å². The van der Waals surface area contributed by atoms with Crippen LogP contribution in [-0.2, 0) is 19.7 Å². The van der Waals surface area contributed by atoms with Crippen LogP contribution in [0.25, 0.3) is 0 Å². The van der Waals surface area contributed by atoms with Crippen molar-refractivity contribution in [2.24, 2.45) is 0 Å². The average molecular weight is 373 g/mol. The lowest BCUT2D eigenvalue weighted by Gasteiger charge is -2.33. The first-order chi connectivity index (χ1) is 12.7. The van der Waals surface area contributed by atoms with Crippen molar-refractivity contribution in [2.75, 3.05) is 19.7 Å². The summed E-state index contributed by atoms with van der Waals surface area (Å²) < 4.78 is 10.7. The third kappa shape index (κ3) is 4.45. The van der Waals surface area contributed by atoms with Crippen molar-refractivity contribution in [3.05, 3.63) is 35.4 Å². The van der Waals surface area contributed by atoms with E-state index in [1.807, 2.05) is 27.7 Å². The van der Waals surface area contributed by atoms with Gasteiger partial charge in [0.25, 0.3) is 0 Å². The van der Waals surface area contributed by atoms with Gasteiger partial charge in [-0.05, 0) is 70.4 Å². The van der Waals surface area contributed by atoms with Crippen LogP contribution in [0, 0.1) is 0 Å². The molecule has 2 aliphatic rings. The zero-order valence-electron chi connectivity index (χ0n) is 16.9. The maximum absolute atomic E-state index is 12.2. The summed E-state index contributed by atoms with van der Waals surface area (Å²) in [5.74, 6) is 0.346. The second-order valence-electron chi connectivity index (χ2n) is 8.67. The van der Waals surface area contributed by atoms with E-state index in [0.717, 1.165) is 31.2 Å². The number of rotatable bonds is 4. The Hall–Kier alpha value is -2.04. The van der Waals surface area contributed by atoms with Gasteiger partial charge in [-0.1, -0.05) is 24.3 Å². The van der Waals surface area contributed by atoms with Crippen molar-refractivity contribution in [3.63, 3.8) is 0 Å². The molecule has 1 aromatic carbocycles. The molecule has 0 spiro atoms. The Morgan fingerprint density at radius 2 is 1.70 bits per heavy atom. The van der Waals surface area contributed by atoms with Gasteiger partial charge >= 0.3 is 12.1 Å². The number of piperidine rings is 1. The van der Waals surface area contributed by atoms with Gasteiger partial charge in [-0.15, -0.1) is 0 Å². The molecule has 3 rings (SSSR count). The number of hydrogen-bond acceptors (Lipinski definition) is 4. The molecule has 148 valence electrons. The Bertz CT molecular complexity index is 677. The van der Waals surface area contributed by atoms with E-state index in [1.165, 1.54) is 5.56 Å². The number of ether oxygens (including phenoxy) is 2. The molecule has 27 heavy (non-hydrogen) atoms. The summed E-state index contributed by atoms with van der Waals surface area (Å²) in [6, 6.07) is 8.45. The van der Waals surface area contributed by atoms with Crippen LogP contribution in [0.2, 0.25) is 0 Å². The van der Waals surface area contributed by atoms with Crippen LogP contribution in [-0.4, -0.2) is 42.3 Å². The molecule has 1 aromatic rings. The molecular formula is C22H31NO4. The molecule has 0 aromatic heterocycles. The maximum Gasteiger partial charge on any atom is 0.410 e. The van der Waals surface area contributed by atoms with Crippen molar-refractivity contribution in [2.45, 2.75) is 70.3 Å². The Balaban J connectivity index is 1.58. The Morgan fingerprint density at radius 1 is 1.11 bits per heavy atom. The molecule has 2 fully saturated rings. The monoisotopic (exact) mass is 373 g/mol. The lowest BCUT2D eigenvalue weighted by Crippen LogP contribution is -2.41. The van der Waals surface area contributed by atoms with Crippen LogP contribution < -0.4 is 0 Å². The minimum absolute atomic E-state index is 0.0941. The quantitative estimate of drug-likeness (QED) is 0.734. The Morgan fingerprint density at radius 3 is 2.19 bits per heavy atom. The molecule has 0 radical (unpaired) electrons. The minimum atomic E-state index is -0.457. The first-order valence-corrected chi connectivity index (χ1v) is 10.0. The smallest absolute Gasteiger partial charge is 0.410 e. The van der Waals surface area contributed by atoms with Gasteiger partial charge in [0.1, 0.15) is 5.60 Å². The topological polar surface area (TPSA) is 55.8 Å². The van der Waals surface area contributed by atoms with Gasteiger partial charge in [0.2, 0.25) is 0 Å². The fourth-order valence-corrected chi connectivity index (χ4v) is 3.80. The van der Waals surface area contributed by atoms with Crippen LogP contribution in [0.1, 0.15) is 70.4 Å². The number of carbonyl (C=O) groups is 2. The first kappa shape index (κ1) is 19.7. The third-order valence-corrected chi connectivity index (χ3v) is 5.50. The van der Waals surface area contributed by atoms with Crippen molar-refractivity contribution in [1.82, 2.24) is 4.90 Å². The van der Waals surface area contributed by atoms with E-state index in [9.17, 15) is 9.59 Å². The largest absolute Gasteiger partial charge is 0.465 e. The van der Waals surface area contributed by atoms with Gasteiger partial charge in [-0.25, -0.2) is 4.79 Å². The van der Waals surface area contributed by atoms with Gasteiger partial charge in [-0.3, -0.25) is 4.79 Å². The number of amides is 1. The normalized spacial score (nSPS) is 19.5. The molecule has 1 saturated carbocycles. The average Bonchev–Trinajstić information content (AvgIpc) is 3.43. The summed E-state index contributed by atoms with van der Waals surface area (Å²) >= 11 is 0. The highest BCUT2D eigenvalue weighted by atomic mass is 16.6. The fourth-order valence-electron chi connectivity index (χ4n) is 3.80. The van der Waals surface area contributed by atoms with Crippen molar-refractivity contribution >= 4 is 12.1 Å². The summed E-state index contributed by atoms with van der Waals surface area (Å²) in [4.78, 5) is 26.2. The van der Waals surface area contributed by atoms with E-state index >= 15 is 0 Å². The SMILES string of the molecule is CCOC(=O)C1(c2ccc(C3CCN(C(=O)OC(C)(C)C)CC3)cc2)CC1.